The lowest BCUT2D eigenvalue weighted by Gasteiger charge is -2.11. The van der Waals surface area contributed by atoms with Crippen molar-refractivity contribution < 1.29 is 4.79 Å². The topological polar surface area (TPSA) is 125 Å². The largest absolute Gasteiger partial charge is 0.335 e. The van der Waals surface area contributed by atoms with Crippen molar-refractivity contribution in [3.05, 3.63) is 73.4 Å². The van der Waals surface area contributed by atoms with Gasteiger partial charge in [-0.1, -0.05) is 25.0 Å². The second-order valence-electron chi connectivity index (χ2n) is 9.65. The van der Waals surface area contributed by atoms with Crippen LogP contribution >= 0.6 is 0 Å². The SMILES string of the molecule is O=C(Nc1cncc(-c2ccc3[nH]nc(-c4nc5c(-c6ccccn6)cncc5[nH]4)c3c2)c1)C1CCCC1. The van der Waals surface area contributed by atoms with E-state index in [0.29, 0.717) is 17.2 Å². The number of hydrogen-bond donors (Lipinski definition) is 3. The molecule has 0 spiro atoms. The van der Waals surface area contributed by atoms with Gasteiger partial charge in [0, 0.05) is 41.0 Å². The Morgan fingerprint density at radius 3 is 2.68 bits per heavy atom. The van der Waals surface area contributed by atoms with Crippen LogP contribution in [0.1, 0.15) is 25.7 Å². The fourth-order valence-electron chi connectivity index (χ4n) is 5.23. The van der Waals surface area contributed by atoms with E-state index >= 15 is 0 Å². The summed E-state index contributed by atoms with van der Waals surface area (Å²) < 4.78 is 0. The summed E-state index contributed by atoms with van der Waals surface area (Å²) >= 11 is 0. The number of nitrogens with one attached hydrogen (secondary N) is 3. The maximum atomic E-state index is 12.6. The molecule has 9 heteroatoms. The van der Waals surface area contributed by atoms with Gasteiger partial charge in [-0.3, -0.25) is 24.8 Å². The van der Waals surface area contributed by atoms with Gasteiger partial charge in [-0.05, 0) is 48.7 Å². The molecule has 186 valence electrons. The molecule has 38 heavy (non-hydrogen) atoms. The Morgan fingerprint density at radius 2 is 1.82 bits per heavy atom. The lowest BCUT2D eigenvalue weighted by atomic mass is 10.0. The minimum Gasteiger partial charge on any atom is -0.335 e. The van der Waals surface area contributed by atoms with Crippen LogP contribution in [0.5, 0.6) is 0 Å². The number of anilines is 1. The molecular formula is C29H24N8O. The van der Waals surface area contributed by atoms with Gasteiger partial charge in [0.2, 0.25) is 5.91 Å². The summed E-state index contributed by atoms with van der Waals surface area (Å²) in [6.45, 7) is 0. The average molecular weight is 501 g/mol. The molecule has 0 unspecified atom stereocenters. The van der Waals surface area contributed by atoms with E-state index < -0.39 is 0 Å². The van der Waals surface area contributed by atoms with Gasteiger partial charge in [-0.2, -0.15) is 5.10 Å². The molecule has 1 aliphatic carbocycles. The van der Waals surface area contributed by atoms with Crippen molar-refractivity contribution in [2.45, 2.75) is 25.7 Å². The summed E-state index contributed by atoms with van der Waals surface area (Å²) in [6, 6.07) is 13.8. The number of imidazole rings is 1. The predicted molar refractivity (Wildman–Crippen MR) is 146 cm³/mol. The number of pyridine rings is 3. The van der Waals surface area contributed by atoms with Gasteiger partial charge in [0.25, 0.3) is 0 Å². The number of rotatable bonds is 5. The number of aromatic nitrogens is 7. The van der Waals surface area contributed by atoms with Crippen LogP contribution in [0.25, 0.3) is 55.8 Å². The Labute approximate surface area is 217 Å². The molecule has 7 rings (SSSR count). The number of carbonyl (C=O) groups is 1. The van der Waals surface area contributed by atoms with E-state index in [9.17, 15) is 4.79 Å². The molecule has 1 aliphatic rings. The van der Waals surface area contributed by atoms with Crippen molar-refractivity contribution in [2.24, 2.45) is 5.92 Å². The maximum Gasteiger partial charge on any atom is 0.227 e. The van der Waals surface area contributed by atoms with E-state index in [1.165, 1.54) is 0 Å². The Bertz CT molecular complexity index is 1780. The fourth-order valence-corrected chi connectivity index (χ4v) is 5.23. The predicted octanol–water partition coefficient (Wildman–Crippen LogP) is 5.75. The highest BCUT2D eigenvalue weighted by Gasteiger charge is 2.23. The van der Waals surface area contributed by atoms with Crippen molar-refractivity contribution in [3.63, 3.8) is 0 Å². The highest BCUT2D eigenvalue weighted by molar-refractivity contribution is 5.98. The molecule has 0 bridgehead atoms. The van der Waals surface area contributed by atoms with E-state index in [-0.39, 0.29) is 11.8 Å². The van der Waals surface area contributed by atoms with Crippen molar-refractivity contribution >= 4 is 33.5 Å². The molecule has 1 aromatic carbocycles. The summed E-state index contributed by atoms with van der Waals surface area (Å²) in [6.07, 6.45) is 13.0. The quantitative estimate of drug-likeness (QED) is 0.277. The van der Waals surface area contributed by atoms with Gasteiger partial charge >= 0.3 is 0 Å². The van der Waals surface area contributed by atoms with Crippen molar-refractivity contribution in [3.8, 4) is 33.9 Å². The van der Waals surface area contributed by atoms with E-state index in [2.05, 4.69) is 41.5 Å². The standard InChI is InChI=1S/C29H24N8O/c38-29(17-5-1-2-6-17)33-20-11-19(13-30-14-20)18-8-9-24-21(12-18)27(37-36-24)28-34-25-16-31-15-22(26(25)35-28)23-7-3-4-10-32-23/h3-4,7-17H,1-2,5-6H2,(H,33,38)(H,34,35)(H,36,37). The van der Waals surface area contributed by atoms with Crippen LogP contribution in [-0.4, -0.2) is 41.0 Å². The summed E-state index contributed by atoms with van der Waals surface area (Å²) in [5, 5.41) is 11.7. The number of hydrogen-bond acceptors (Lipinski definition) is 6. The number of amides is 1. The molecular weight excluding hydrogens is 476 g/mol. The zero-order valence-electron chi connectivity index (χ0n) is 20.5. The Hall–Kier alpha value is -4.92. The lowest BCUT2D eigenvalue weighted by molar-refractivity contribution is -0.119. The molecule has 0 aliphatic heterocycles. The van der Waals surface area contributed by atoms with Gasteiger partial charge in [-0.25, -0.2) is 4.98 Å². The maximum absolute atomic E-state index is 12.6. The number of aromatic amines is 2. The molecule has 1 saturated carbocycles. The fraction of sp³-hybridized carbons (Fsp3) is 0.172. The molecule has 1 fully saturated rings. The molecule has 3 N–H and O–H groups in total. The van der Waals surface area contributed by atoms with Gasteiger partial charge in [0.05, 0.1) is 34.8 Å². The Morgan fingerprint density at radius 1 is 0.921 bits per heavy atom. The minimum atomic E-state index is 0.0819. The van der Waals surface area contributed by atoms with E-state index in [0.717, 1.165) is 70.0 Å². The summed E-state index contributed by atoms with van der Waals surface area (Å²) in [5.74, 6) is 0.823. The van der Waals surface area contributed by atoms with Crippen molar-refractivity contribution in [1.29, 1.82) is 0 Å². The van der Waals surface area contributed by atoms with E-state index in [1.54, 1.807) is 31.0 Å². The molecule has 0 radical (unpaired) electrons. The molecule has 0 atom stereocenters. The first-order chi connectivity index (χ1) is 18.7. The summed E-state index contributed by atoms with van der Waals surface area (Å²) in [7, 11) is 0. The number of carbonyl (C=O) groups excluding carboxylic acids is 1. The molecule has 5 heterocycles. The zero-order valence-corrected chi connectivity index (χ0v) is 20.5. The molecule has 9 nitrogen and oxygen atoms in total. The van der Waals surface area contributed by atoms with E-state index in [4.69, 9.17) is 4.98 Å². The van der Waals surface area contributed by atoms with Crippen LogP contribution in [0.2, 0.25) is 0 Å². The Kier molecular flexibility index (Phi) is 5.39. The third-order valence-corrected chi connectivity index (χ3v) is 7.19. The molecule has 5 aromatic heterocycles. The zero-order chi connectivity index (χ0) is 25.5. The molecule has 6 aromatic rings. The number of fused-ring (bicyclic) bond motifs is 2. The normalized spacial score (nSPS) is 13.9. The van der Waals surface area contributed by atoms with Gasteiger partial charge < -0.3 is 10.3 Å². The monoisotopic (exact) mass is 500 g/mol. The highest BCUT2D eigenvalue weighted by atomic mass is 16.1. The van der Waals surface area contributed by atoms with E-state index in [1.807, 2.05) is 36.4 Å². The smallest absolute Gasteiger partial charge is 0.227 e. The van der Waals surface area contributed by atoms with Gasteiger partial charge in [0.1, 0.15) is 11.2 Å². The third kappa shape index (κ3) is 3.98. The van der Waals surface area contributed by atoms with Crippen LogP contribution in [0, 0.1) is 5.92 Å². The van der Waals surface area contributed by atoms with Crippen molar-refractivity contribution in [2.75, 3.05) is 5.32 Å². The number of H-pyrrole nitrogens is 2. The van der Waals surface area contributed by atoms with Gasteiger partial charge in [-0.15, -0.1) is 0 Å². The summed E-state index contributed by atoms with van der Waals surface area (Å²) in [5.41, 5.74) is 7.46. The minimum absolute atomic E-state index is 0.0819. The van der Waals surface area contributed by atoms with Crippen LogP contribution < -0.4 is 5.32 Å². The number of nitrogens with zero attached hydrogens (tertiary/aromatic N) is 5. The van der Waals surface area contributed by atoms with Crippen molar-refractivity contribution in [1.82, 2.24) is 35.1 Å². The lowest BCUT2D eigenvalue weighted by Crippen LogP contribution is -2.20. The highest BCUT2D eigenvalue weighted by Crippen LogP contribution is 2.33. The first kappa shape index (κ1) is 22.3. The first-order valence-electron chi connectivity index (χ1n) is 12.7. The van der Waals surface area contributed by atoms with Crippen LogP contribution in [0.15, 0.2) is 73.4 Å². The average Bonchev–Trinajstić information content (AvgIpc) is 3.73. The third-order valence-electron chi connectivity index (χ3n) is 7.19. The van der Waals surface area contributed by atoms with Crippen LogP contribution in [0.3, 0.4) is 0 Å². The van der Waals surface area contributed by atoms with Crippen LogP contribution in [0.4, 0.5) is 5.69 Å². The number of benzene rings is 1. The van der Waals surface area contributed by atoms with Crippen LogP contribution in [-0.2, 0) is 4.79 Å². The molecule has 1 amide bonds. The van der Waals surface area contributed by atoms with Gasteiger partial charge in [0.15, 0.2) is 5.82 Å². The second-order valence-corrected chi connectivity index (χ2v) is 9.65. The molecule has 0 saturated heterocycles. The second kappa shape index (κ2) is 9.19. The summed E-state index contributed by atoms with van der Waals surface area (Å²) in [4.78, 5) is 34.1. The Balaban J connectivity index is 1.25. The first-order valence-corrected chi connectivity index (χ1v) is 12.7.